The highest BCUT2D eigenvalue weighted by Gasteiger charge is 2.14. The molecule has 0 aliphatic rings. The second-order valence-corrected chi connectivity index (χ2v) is 6.43. The van der Waals surface area contributed by atoms with Crippen molar-refractivity contribution in [1.29, 1.82) is 0 Å². The lowest BCUT2D eigenvalue weighted by Gasteiger charge is -2.21. The third-order valence-corrected chi connectivity index (χ3v) is 3.08. The number of benzene rings is 1. The summed E-state index contributed by atoms with van der Waals surface area (Å²) in [6.07, 6.45) is 0. The quantitative estimate of drug-likeness (QED) is 0.305. The van der Waals surface area contributed by atoms with Crippen LogP contribution >= 0.6 is 24.0 Å². The summed E-state index contributed by atoms with van der Waals surface area (Å²) in [5.74, 6) is 0.702. The van der Waals surface area contributed by atoms with E-state index in [1.54, 1.807) is 13.1 Å². The molecule has 0 radical (unpaired) electrons. The summed E-state index contributed by atoms with van der Waals surface area (Å²) in [4.78, 5) is 15.8. The summed E-state index contributed by atoms with van der Waals surface area (Å²) in [6.45, 7) is 2.89. The van der Waals surface area contributed by atoms with E-state index in [2.05, 4.69) is 25.7 Å². The molecule has 0 aliphatic carbocycles. The Morgan fingerprint density at radius 2 is 1.93 bits per heavy atom. The highest BCUT2D eigenvalue weighted by molar-refractivity contribution is 14.0. The molecule has 0 aromatic heterocycles. The zero-order valence-electron chi connectivity index (χ0n) is 16.1. The molecule has 3 N–H and O–H groups in total. The summed E-state index contributed by atoms with van der Waals surface area (Å²) >= 11 is 0. The van der Waals surface area contributed by atoms with Crippen molar-refractivity contribution in [2.45, 2.75) is 39.5 Å². The van der Waals surface area contributed by atoms with E-state index in [1.165, 1.54) is 19.2 Å². The number of ether oxygens (including phenoxy) is 2. The second kappa shape index (κ2) is 11.8. The van der Waals surface area contributed by atoms with Crippen LogP contribution in [0.4, 0.5) is 8.78 Å². The van der Waals surface area contributed by atoms with Gasteiger partial charge in [0.05, 0.1) is 13.7 Å². The van der Waals surface area contributed by atoms with Crippen molar-refractivity contribution in [3.8, 4) is 11.5 Å². The van der Waals surface area contributed by atoms with Crippen LogP contribution < -0.4 is 25.4 Å². The number of hydrogen-bond donors (Lipinski definition) is 3. The first kappa shape index (κ1) is 25.1. The molecule has 0 saturated carbocycles. The molecule has 0 aliphatic heterocycles. The van der Waals surface area contributed by atoms with E-state index in [9.17, 15) is 13.6 Å². The second-order valence-electron chi connectivity index (χ2n) is 6.43. The van der Waals surface area contributed by atoms with E-state index in [0.717, 1.165) is 0 Å². The van der Waals surface area contributed by atoms with Crippen molar-refractivity contribution in [2.75, 3.05) is 20.7 Å². The van der Waals surface area contributed by atoms with Crippen molar-refractivity contribution in [3.63, 3.8) is 0 Å². The van der Waals surface area contributed by atoms with Gasteiger partial charge in [0.15, 0.2) is 5.96 Å². The maximum absolute atomic E-state index is 12.5. The standard InChI is InChI=1S/C17H26F2N4O3.HI/c1-17(2,3)23-14(24)10-22-16(20-4)21-9-11-8-12(25-5)6-7-13(11)26-15(18)19;/h6-8,15H,9-10H2,1-5H3,(H,23,24)(H2,20,21,22);1H. The minimum atomic E-state index is -2.93. The molecular formula is C17H27F2IN4O3. The largest absolute Gasteiger partial charge is 0.497 e. The average Bonchev–Trinajstić information content (AvgIpc) is 2.54. The number of nitrogens with one attached hydrogen (secondary N) is 3. The Morgan fingerprint density at radius 3 is 2.44 bits per heavy atom. The van der Waals surface area contributed by atoms with Crippen LogP contribution in [0.15, 0.2) is 23.2 Å². The fourth-order valence-corrected chi connectivity index (χ4v) is 2.06. The molecular weight excluding hydrogens is 473 g/mol. The third-order valence-electron chi connectivity index (χ3n) is 3.08. The van der Waals surface area contributed by atoms with Crippen LogP contribution in [-0.2, 0) is 11.3 Å². The molecule has 0 unspecified atom stereocenters. The van der Waals surface area contributed by atoms with Crippen LogP contribution in [0.2, 0.25) is 0 Å². The van der Waals surface area contributed by atoms with Crippen LogP contribution in [0.1, 0.15) is 26.3 Å². The fraction of sp³-hybridized carbons (Fsp3) is 0.529. The monoisotopic (exact) mass is 500 g/mol. The van der Waals surface area contributed by atoms with Crippen molar-refractivity contribution in [1.82, 2.24) is 16.0 Å². The fourth-order valence-electron chi connectivity index (χ4n) is 2.06. The first-order valence-electron chi connectivity index (χ1n) is 8.02. The van der Waals surface area contributed by atoms with Crippen LogP contribution in [0, 0.1) is 0 Å². The molecule has 0 bridgehead atoms. The molecule has 0 spiro atoms. The summed E-state index contributed by atoms with van der Waals surface area (Å²) < 4.78 is 34.7. The predicted octanol–water partition coefficient (Wildman–Crippen LogP) is 2.49. The van der Waals surface area contributed by atoms with Gasteiger partial charge < -0.3 is 25.4 Å². The van der Waals surface area contributed by atoms with E-state index in [4.69, 9.17) is 4.74 Å². The van der Waals surface area contributed by atoms with Crippen molar-refractivity contribution >= 4 is 35.8 Å². The Kier molecular flexibility index (Phi) is 11.0. The molecule has 0 atom stereocenters. The number of hydrogen-bond acceptors (Lipinski definition) is 4. The van der Waals surface area contributed by atoms with Crippen molar-refractivity contribution in [3.05, 3.63) is 23.8 Å². The highest BCUT2D eigenvalue weighted by atomic mass is 127. The minimum Gasteiger partial charge on any atom is -0.497 e. The number of aliphatic imine (C=N–C) groups is 1. The van der Waals surface area contributed by atoms with Gasteiger partial charge in [-0.1, -0.05) is 0 Å². The Hall–Kier alpha value is -1.85. The smallest absolute Gasteiger partial charge is 0.387 e. The molecule has 1 rings (SSSR count). The first-order valence-corrected chi connectivity index (χ1v) is 8.02. The first-order chi connectivity index (χ1) is 12.1. The molecule has 1 amide bonds. The van der Waals surface area contributed by atoms with E-state index in [0.29, 0.717) is 17.3 Å². The highest BCUT2D eigenvalue weighted by Crippen LogP contribution is 2.25. The van der Waals surface area contributed by atoms with Gasteiger partial charge in [-0.25, -0.2) is 0 Å². The average molecular weight is 500 g/mol. The lowest BCUT2D eigenvalue weighted by Crippen LogP contribution is -2.48. The van der Waals surface area contributed by atoms with Gasteiger partial charge in [-0.15, -0.1) is 24.0 Å². The predicted molar refractivity (Wildman–Crippen MR) is 111 cm³/mol. The topological polar surface area (TPSA) is 84.0 Å². The van der Waals surface area contributed by atoms with Gasteiger partial charge in [0.2, 0.25) is 5.91 Å². The van der Waals surface area contributed by atoms with Crippen molar-refractivity contribution in [2.24, 2.45) is 4.99 Å². The molecule has 27 heavy (non-hydrogen) atoms. The Labute approximate surface area is 175 Å². The van der Waals surface area contributed by atoms with Gasteiger partial charge in [0.1, 0.15) is 11.5 Å². The van der Waals surface area contributed by atoms with E-state index < -0.39 is 6.61 Å². The molecule has 10 heteroatoms. The lowest BCUT2D eigenvalue weighted by atomic mass is 10.1. The molecule has 1 aromatic rings. The normalized spacial score (nSPS) is 11.5. The summed E-state index contributed by atoms with van der Waals surface area (Å²) in [5.41, 5.74) is 0.129. The number of methoxy groups -OCH3 is 1. The summed E-state index contributed by atoms with van der Waals surface area (Å²) in [5, 5.41) is 8.62. The van der Waals surface area contributed by atoms with Crippen LogP contribution in [0.5, 0.6) is 11.5 Å². The van der Waals surface area contributed by atoms with Gasteiger partial charge in [-0.2, -0.15) is 8.78 Å². The Balaban J connectivity index is 0.00000676. The number of carbonyl (C=O) groups excluding carboxylic acids is 1. The van der Waals surface area contributed by atoms with E-state index in [-0.39, 0.29) is 54.3 Å². The lowest BCUT2D eigenvalue weighted by molar-refractivity contribution is -0.121. The van der Waals surface area contributed by atoms with Crippen LogP contribution in [-0.4, -0.2) is 44.7 Å². The third kappa shape index (κ3) is 10.2. The zero-order valence-corrected chi connectivity index (χ0v) is 18.4. The van der Waals surface area contributed by atoms with Gasteiger partial charge in [0.25, 0.3) is 0 Å². The number of carbonyl (C=O) groups is 1. The molecule has 0 saturated heterocycles. The van der Waals surface area contributed by atoms with Gasteiger partial charge in [-0.3, -0.25) is 9.79 Å². The minimum absolute atomic E-state index is 0. The number of guanidine groups is 1. The summed E-state index contributed by atoms with van der Waals surface area (Å²) in [6, 6.07) is 4.53. The molecule has 0 heterocycles. The molecule has 7 nitrogen and oxygen atoms in total. The van der Waals surface area contributed by atoms with Crippen LogP contribution in [0.25, 0.3) is 0 Å². The Bertz CT molecular complexity index is 637. The molecule has 0 fully saturated rings. The number of nitrogens with zero attached hydrogens (tertiary/aromatic N) is 1. The van der Waals surface area contributed by atoms with Crippen molar-refractivity contribution < 1.29 is 23.0 Å². The zero-order chi connectivity index (χ0) is 19.7. The summed E-state index contributed by atoms with van der Waals surface area (Å²) in [7, 11) is 3.02. The maximum atomic E-state index is 12.5. The number of amides is 1. The van der Waals surface area contributed by atoms with Gasteiger partial charge in [0, 0.05) is 24.7 Å². The SMILES string of the molecule is CN=C(NCC(=O)NC(C)(C)C)NCc1cc(OC)ccc1OC(F)F.I. The maximum Gasteiger partial charge on any atom is 0.387 e. The van der Waals surface area contributed by atoms with E-state index >= 15 is 0 Å². The van der Waals surface area contributed by atoms with Gasteiger partial charge in [-0.05, 0) is 39.0 Å². The number of halogens is 3. The number of alkyl halides is 2. The van der Waals surface area contributed by atoms with Gasteiger partial charge >= 0.3 is 6.61 Å². The molecule has 1 aromatic carbocycles. The van der Waals surface area contributed by atoms with Crippen LogP contribution in [0.3, 0.4) is 0 Å². The number of rotatable bonds is 7. The molecule has 154 valence electrons. The van der Waals surface area contributed by atoms with E-state index in [1.807, 2.05) is 20.8 Å². The Morgan fingerprint density at radius 1 is 1.26 bits per heavy atom.